The maximum atomic E-state index is 13.6. The Bertz CT molecular complexity index is 1150. The number of halogens is 1. The number of nitrogens with zero attached hydrogens (tertiary/aromatic N) is 2. The highest BCUT2D eigenvalue weighted by atomic mass is 35.5. The lowest BCUT2D eigenvalue weighted by Gasteiger charge is -2.37. The molecule has 1 aliphatic carbocycles. The van der Waals surface area contributed by atoms with E-state index in [1.54, 1.807) is 0 Å². The smallest absolute Gasteiger partial charge is 0.315 e. The molecule has 2 aliphatic rings. The first-order chi connectivity index (χ1) is 16.2. The number of allylic oxidation sites excluding steroid dienone is 2. The van der Waals surface area contributed by atoms with Gasteiger partial charge in [0.15, 0.2) is 5.78 Å². The number of benzene rings is 2. The third kappa shape index (κ3) is 4.80. The predicted molar refractivity (Wildman–Crippen MR) is 137 cm³/mol. The van der Waals surface area contributed by atoms with Crippen molar-refractivity contribution in [3.05, 3.63) is 76.0 Å². The number of carbonyl (C=O) groups excluding carboxylic acids is 2. The predicted octanol–water partition coefficient (Wildman–Crippen LogP) is 5.93. The molecular weight excluding hydrogens is 448 g/mol. The van der Waals surface area contributed by atoms with Crippen LogP contribution in [0.15, 0.2) is 64.8 Å². The van der Waals surface area contributed by atoms with Crippen LogP contribution in [0.5, 0.6) is 0 Å². The van der Waals surface area contributed by atoms with Crippen LogP contribution in [-0.2, 0) is 14.3 Å². The quantitative estimate of drug-likeness (QED) is 0.499. The molecule has 0 amide bonds. The summed E-state index contributed by atoms with van der Waals surface area (Å²) in [4.78, 5) is 33.7. The Morgan fingerprint density at radius 2 is 1.65 bits per heavy atom. The molecule has 2 aromatic rings. The van der Waals surface area contributed by atoms with E-state index in [1.807, 2.05) is 88.3 Å². The summed E-state index contributed by atoms with van der Waals surface area (Å²) >= 11 is 6.06. The van der Waals surface area contributed by atoms with E-state index < -0.39 is 11.8 Å². The molecule has 0 saturated heterocycles. The first-order valence-corrected chi connectivity index (χ1v) is 12.1. The molecule has 0 bridgehead atoms. The van der Waals surface area contributed by atoms with Crippen LogP contribution in [-0.4, -0.2) is 37.7 Å². The van der Waals surface area contributed by atoms with E-state index in [0.717, 1.165) is 22.5 Å². The van der Waals surface area contributed by atoms with E-state index in [1.165, 1.54) is 0 Å². The molecule has 34 heavy (non-hydrogen) atoms. The van der Waals surface area contributed by atoms with Gasteiger partial charge >= 0.3 is 5.97 Å². The highest BCUT2D eigenvalue weighted by molar-refractivity contribution is 6.30. The fraction of sp³-hybridized carbons (Fsp3) is 0.393. The summed E-state index contributed by atoms with van der Waals surface area (Å²) in [6.07, 6.45) is 0.787. The SMILES string of the molecule is CC1=NC2=C(C(=O)C[C@H](c3ccc(Cl)cc3)C2)[C@H](c2ccc(N(C)C)cc2)C1C(=O)OC(C)C. The summed E-state index contributed by atoms with van der Waals surface area (Å²) in [5.74, 6) is -1.29. The van der Waals surface area contributed by atoms with Gasteiger partial charge in [-0.2, -0.15) is 0 Å². The maximum Gasteiger partial charge on any atom is 0.315 e. The van der Waals surface area contributed by atoms with Gasteiger partial charge in [-0.05, 0) is 68.5 Å². The zero-order valence-electron chi connectivity index (χ0n) is 20.3. The van der Waals surface area contributed by atoms with Gasteiger partial charge in [0.2, 0.25) is 0 Å². The Morgan fingerprint density at radius 3 is 2.24 bits per heavy atom. The van der Waals surface area contributed by atoms with Gasteiger partial charge in [-0.25, -0.2) is 0 Å². The molecule has 0 spiro atoms. The average molecular weight is 479 g/mol. The van der Waals surface area contributed by atoms with Crippen molar-refractivity contribution in [1.82, 2.24) is 0 Å². The summed E-state index contributed by atoms with van der Waals surface area (Å²) in [7, 11) is 3.97. The van der Waals surface area contributed by atoms with E-state index in [2.05, 4.69) is 0 Å². The molecule has 6 heteroatoms. The van der Waals surface area contributed by atoms with Crippen LogP contribution in [0.1, 0.15) is 56.6 Å². The summed E-state index contributed by atoms with van der Waals surface area (Å²) in [5, 5.41) is 0.671. The largest absolute Gasteiger partial charge is 0.462 e. The zero-order valence-corrected chi connectivity index (χ0v) is 21.1. The van der Waals surface area contributed by atoms with Crippen LogP contribution in [0.2, 0.25) is 5.02 Å². The monoisotopic (exact) mass is 478 g/mol. The van der Waals surface area contributed by atoms with Crippen LogP contribution in [0.25, 0.3) is 0 Å². The van der Waals surface area contributed by atoms with E-state index >= 15 is 0 Å². The lowest BCUT2D eigenvalue weighted by atomic mass is 9.69. The van der Waals surface area contributed by atoms with Crippen molar-refractivity contribution in [2.24, 2.45) is 10.9 Å². The van der Waals surface area contributed by atoms with Gasteiger partial charge in [0, 0.05) is 54.1 Å². The fourth-order valence-corrected chi connectivity index (χ4v) is 5.11. The Labute approximate surface area is 206 Å². The Kier molecular flexibility index (Phi) is 6.94. The van der Waals surface area contributed by atoms with E-state index in [-0.39, 0.29) is 23.8 Å². The molecule has 0 fully saturated rings. The van der Waals surface area contributed by atoms with Gasteiger partial charge in [-0.1, -0.05) is 35.9 Å². The molecule has 1 heterocycles. The second kappa shape index (κ2) is 9.75. The minimum Gasteiger partial charge on any atom is -0.462 e. The maximum absolute atomic E-state index is 13.6. The molecule has 0 saturated carbocycles. The molecule has 3 atom stereocenters. The van der Waals surface area contributed by atoms with Gasteiger partial charge in [0.25, 0.3) is 0 Å². The van der Waals surface area contributed by atoms with Gasteiger partial charge in [-0.3, -0.25) is 14.6 Å². The molecule has 4 rings (SSSR count). The Balaban J connectivity index is 1.78. The highest BCUT2D eigenvalue weighted by Crippen LogP contribution is 2.47. The third-order valence-electron chi connectivity index (χ3n) is 6.60. The van der Waals surface area contributed by atoms with Crippen molar-refractivity contribution in [3.63, 3.8) is 0 Å². The van der Waals surface area contributed by atoms with E-state index in [9.17, 15) is 9.59 Å². The van der Waals surface area contributed by atoms with Crippen LogP contribution >= 0.6 is 11.6 Å². The second-order valence-corrected chi connectivity index (χ2v) is 10.1. The number of carbonyl (C=O) groups is 2. The number of ketones is 1. The number of esters is 1. The molecule has 1 aliphatic heterocycles. The molecule has 178 valence electrons. The standard InChI is InChI=1S/C28H31ClN2O3/c1-16(2)34-28(33)25-17(3)30-23-14-20(18-6-10-21(29)11-7-18)15-24(32)27(23)26(25)19-8-12-22(13-9-19)31(4)5/h6-13,16,20,25-26H,14-15H2,1-5H3/t20-,25?,26-/m1/s1. The molecule has 2 aromatic carbocycles. The van der Waals surface area contributed by atoms with Crippen molar-refractivity contribution in [2.45, 2.75) is 51.6 Å². The first-order valence-electron chi connectivity index (χ1n) is 11.7. The van der Waals surface area contributed by atoms with Crippen LogP contribution in [0.4, 0.5) is 5.69 Å². The first kappa shape index (κ1) is 24.2. The fourth-order valence-electron chi connectivity index (χ4n) is 4.98. The van der Waals surface area contributed by atoms with Crippen molar-refractivity contribution < 1.29 is 14.3 Å². The lowest BCUT2D eigenvalue weighted by molar-refractivity contribution is -0.150. The normalized spacial score (nSPS) is 22.4. The number of ether oxygens (including phenoxy) is 1. The number of aliphatic imine (C=N–C) groups is 1. The van der Waals surface area contributed by atoms with Crippen molar-refractivity contribution >= 4 is 34.8 Å². The minimum absolute atomic E-state index is 0.0380. The molecule has 0 aromatic heterocycles. The second-order valence-electron chi connectivity index (χ2n) is 9.62. The number of hydrogen-bond acceptors (Lipinski definition) is 5. The van der Waals surface area contributed by atoms with Crippen LogP contribution in [0, 0.1) is 5.92 Å². The summed E-state index contributed by atoms with van der Waals surface area (Å²) in [6.45, 7) is 5.54. The van der Waals surface area contributed by atoms with Gasteiger partial charge in [0.05, 0.1) is 6.10 Å². The third-order valence-corrected chi connectivity index (χ3v) is 6.86. The number of hydrogen-bond donors (Lipinski definition) is 0. The Hall–Kier alpha value is -2.92. The molecule has 5 nitrogen and oxygen atoms in total. The van der Waals surface area contributed by atoms with Crippen molar-refractivity contribution in [3.8, 4) is 0 Å². The van der Waals surface area contributed by atoms with Crippen LogP contribution < -0.4 is 4.90 Å². The van der Waals surface area contributed by atoms with E-state index in [0.29, 0.717) is 29.1 Å². The summed E-state index contributed by atoms with van der Waals surface area (Å²) < 4.78 is 5.62. The molecule has 0 N–H and O–H groups in total. The molecular formula is C28H31ClN2O3. The van der Waals surface area contributed by atoms with Gasteiger partial charge < -0.3 is 9.64 Å². The number of anilines is 1. The van der Waals surface area contributed by atoms with Crippen molar-refractivity contribution in [1.29, 1.82) is 0 Å². The van der Waals surface area contributed by atoms with Gasteiger partial charge in [0.1, 0.15) is 5.92 Å². The number of rotatable bonds is 5. The topological polar surface area (TPSA) is 59.0 Å². The van der Waals surface area contributed by atoms with Crippen molar-refractivity contribution in [2.75, 3.05) is 19.0 Å². The molecule has 1 unspecified atom stereocenters. The molecule has 0 radical (unpaired) electrons. The van der Waals surface area contributed by atoms with Gasteiger partial charge in [-0.15, -0.1) is 0 Å². The zero-order chi connectivity index (χ0) is 24.6. The minimum atomic E-state index is -0.623. The highest BCUT2D eigenvalue weighted by Gasteiger charge is 2.44. The lowest BCUT2D eigenvalue weighted by Crippen LogP contribution is -2.38. The average Bonchev–Trinajstić information content (AvgIpc) is 2.78. The van der Waals surface area contributed by atoms with E-state index in [4.69, 9.17) is 21.3 Å². The number of Topliss-reactive ketones (excluding diaryl/α,β-unsaturated/α-hetero) is 1. The van der Waals surface area contributed by atoms with Crippen LogP contribution in [0.3, 0.4) is 0 Å². The summed E-state index contributed by atoms with van der Waals surface area (Å²) in [6, 6.07) is 15.7. The Morgan fingerprint density at radius 1 is 1.03 bits per heavy atom. The summed E-state index contributed by atoms with van der Waals surface area (Å²) in [5.41, 5.74) is 5.18.